The SMILES string of the molecule is CCN(C(=O)c1cccc(C(=O)Nc2ccc(OC)cc2)c1)c1ccccc1. The number of para-hydroxylation sites is 1. The predicted molar refractivity (Wildman–Crippen MR) is 111 cm³/mol. The van der Waals surface area contributed by atoms with Crippen LogP contribution in [0.1, 0.15) is 27.6 Å². The number of carbonyl (C=O) groups excluding carboxylic acids is 2. The van der Waals surface area contributed by atoms with Crippen LogP contribution in [-0.2, 0) is 0 Å². The number of hydrogen-bond donors (Lipinski definition) is 1. The Balaban J connectivity index is 1.78. The van der Waals surface area contributed by atoms with Crippen molar-refractivity contribution in [1.29, 1.82) is 0 Å². The zero-order chi connectivity index (χ0) is 19.9. The van der Waals surface area contributed by atoms with Gasteiger partial charge in [0.25, 0.3) is 11.8 Å². The van der Waals surface area contributed by atoms with Crippen molar-refractivity contribution in [3.05, 3.63) is 90.0 Å². The third-order valence-corrected chi connectivity index (χ3v) is 4.35. The highest BCUT2D eigenvalue weighted by Crippen LogP contribution is 2.19. The van der Waals surface area contributed by atoms with Gasteiger partial charge in [-0.1, -0.05) is 24.3 Å². The third kappa shape index (κ3) is 4.38. The summed E-state index contributed by atoms with van der Waals surface area (Å²) in [6.07, 6.45) is 0. The summed E-state index contributed by atoms with van der Waals surface area (Å²) < 4.78 is 5.12. The van der Waals surface area contributed by atoms with E-state index < -0.39 is 0 Å². The van der Waals surface area contributed by atoms with E-state index in [0.717, 1.165) is 5.69 Å². The summed E-state index contributed by atoms with van der Waals surface area (Å²) in [4.78, 5) is 27.2. The molecule has 0 aliphatic carbocycles. The molecule has 0 aromatic heterocycles. The molecule has 0 aliphatic rings. The Bertz CT molecular complexity index is 953. The zero-order valence-corrected chi connectivity index (χ0v) is 15.9. The van der Waals surface area contributed by atoms with Crippen molar-refractivity contribution < 1.29 is 14.3 Å². The average molecular weight is 374 g/mol. The smallest absolute Gasteiger partial charge is 0.258 e. The molecule has 0 radical (unpaired) electrons. The van der Waals surface area contributed by atoms with Gasteiger partial charge in [0.2, 0.25) is 0 Å². The number of nitrogens with zero attached hydrogens (tertiary/aromatic N) is 1. The molecule has 5 heteroatoms. The van der Waals surface area contributed by atoms with E-state index in [-0.39, 0.29) is 11.8 Å². The first-order valence-electron chi connectivity index (χ1n) is 9.04. The van der Waals surface area contributed by atoms with Gasteiger partial charge < -0.3 is 15.0 Å². The van der Waals surface area contributed by atoms with Crippen LogP contribution in [0.25, 0.3) is 0 Å². The van der Waals surface area contributed by atoms with Gasteiger partial charge in [-0.15, -0.1) is 0 Å². The van der Waals surface area contributed by atoms with Crippen molar-refractivity contribution in [2.45, 2.75) is 6.92 Å². The van der Waals surface area contributed by atoms with E-state index in [2.05, 4.69) is 5.32 Å². The van der Waals surface area contributed by atoms with Gasteiger partial charge in [-0.2, -0.15) is 0 Å². The molecule has 2 amide bonds. The number of ether oxygens (including phenoxy) is 1. The molecule has 3 rings (SSSR count). The Morgan fingerprint density at radius 2 is 1.57 bits per heavy atom. The van der Waals surface area contributed by atoms with E-state index in [1.807, 2.05) is 37.3 Å². The first kappa shape index (κ1) is 19.2. The maximum atomic E-state index is 13.0. The van der Waals surface area contributed by atoms with Crippen molar-refractivity contribution in [2.24, 2.45) is 0 Å². The van der Waals surface area contributed by atoms with Gasteiger partial charge in [0, 0.05) is 29.0 Å². The van der Waals surface area contributed by atoms with Crippen LogP contribution in [0.3, 0.4) is 0 Å². The summed E-state index contributed by atoms with van der Waals surface area (Å²) >= 11 is 0. The molecule has 3 aromatic carbocycles. The minimum atomic E-state index is -0.275. The first-order valence-corrected chi connectivity index (χ1v) is 9.04. The van der Waals surface area contributed by atoms with Crippen LogP contribution in [0.5, 0.6) is 5.75 Å². The molecular weight excluding hydrogens is 352 g/mol. The average Bonchev–Trinajstić information content (AvgIpc) is 2.75. The molecule has 0 heterocycles. The standard InChI is InChI=1S/C23H22N2O3/c1-3-25(20-10-5-4-6-11-20)23(27)18-9-7-8-17(16-18)22(26)24-19-12-14-21(28-2)15-13-19/h4-16H,3H2,1-2H3,(H,24,26). The van der Waals surface area contributed by atoms with Crippen molar-refractivity contribution in [1.82, 2.24) is 0 Å². The van der Waals surface area contributed by atoms with Crippen LogP contribution in [0, 0.1) is 0 Å². The normalized spacial score (nSPS) is 10.2. The molecule has 142 valence electrons. The molecule has 0 aliphatic heterocycles. The molecule has 5 nitrogen and oxygen atoms in total. The number of carbonyl (C=O) groups is 2. The number of methoxy groups -OCH3 is 1. The summed E-state index contributed by atoms with van der Waals surface area (Å²) in [5.74, 6) is 0.293. The number of benzene rings is 3. The maximum Gasteiger partial charge on any atom is 0.258 e. The van der Waals surface area contributed by atoms with Crippen LogP contribution in [-0.4, -0.2) is 25.5 Å². The fourth-order valence-electron chi connectivity index (χ4n) is 2.88. The van der Waals surface area contributed by atoms with Gasteiger partial charge in [0.1, 0.15) is 5.75 Å². The van der Waals surface area contributed by atoms with E-state index in [1.165, 1.54) is 0 Å². The number of rotatable bonds is 6. The highest BCUT2D eigenvalue weighted by Gasteiger charge is 2.17. The summed E-state index contributed by atoms with van der Waals surface area (Å²) in [5, 5.41) is 2.83. The van der Waals surface area contributed by atoms with E-state index in [1.54, 1.807) is 60.5 Å². The molecule has 0 spiro atoms. The summed E-state index contributed by atoms with van der Waals surface area (Å²) in [5.41, 5.74) is 2.36. The summed E-state index contributed by atoms with van der Waals surface area (Å²) in [7, 11) is 1.59. The summed E-state index contributed by atoms with van der Waals surface area (Å²) in [6.45, 7) is 2.45. The number of nitrogens with one attached hydrogen (secondary N) is 1. The fourth-order valence-corrected chi connectivity index (χ4v) is 2.88. The van der Waals surface area contributed by atoms with Crippen molar-refractivity contribution in [3.8, 4) is 5.75 Å². The van der Waals surface area contributed by atoms with Gasteiger partial charge >= 0.3 is 0 Å². The molecule has 28 heavy (non-hydrogen) atoms. The van der Waals surface area contributed by atoms with E-state index >= 15 is 0 Å². The minimum Gasteiger partial charge on any atom is -0.497 e. The monoisotopic (exact) mass is 374 g/mol. The lowest BCUT2D eigenvalue weighted by atomic mass is 10.1. The number of hydrogen-bond acceptors (Lipinski definition) is 3. The highest BCUT2D eigenvalue weighted by atomic mass is 16.5. The molecule has 0 unspecified atom stereocenters. The van der Waals surface area contributed by atoms with Crippen molar-refractivity contribution >= 4 is 23.2 Å². The zero-order valence-electron chi connectivity index (χ0n) is 15.9. The van der Waals surface area contributed by atoms with Crippen LogP contribution in [0.2, 0.25) is 0 Å². The van der Waals surface area contributed by atoms with Crippen molar-refractivity contribution in [3.63, 3.8) is 0 Å². The van der Waals surface area contributed by atoms with Crippen LogP contribution in [0.4, 0.5) is 11.4 Å². The first-order chi connectivity index (χ1) is 13.6. The van der Waals surface area contributed by atoms with Crippen LogP contribution in [0.15, 0.2) is 78.9 Å². The molecule has 0 atom stereocenters. The van der Waals surface area contributed by atoms with Gasteiger partial charge in [-0.25, -0.2) is 0 Å². The highest BCUT2D eigenvalue weighted by molar-refractivity contribution is 6.09. The Hall–Kier alpha value is -3.60. The predicted octanol–water partition coefficient (Wildman–Crippen LogP) is 4.61. The van der Waals surface area contributed by atoms with E-state index in [4.69, 9.17) is 4.74 Å². The lowest BCUT2D eigenvalue weighted by Gasteiger charge is -2.21. The Morgan fingerprint density at radius 1 is 0.893 bits per heavy atom. The molecule has 3 aromatic rings. The van der Waals surface area contributed by atoms with Gasteiger partial charge in [0.05, 0.1) is 7.11 Å². The van der Waals surface area contributed by atoms with Gasteiger partial charge in [-0.3, -0.25) is 9.59 Å². The maximum absolute atomic E-state index is 13.0. The number of anilines is 2. The second-order valence-electron chi connectivity index (χ2n) is 6.15. The number of amides is 2. The molecule has 0 fully saturated rings. The molecule has 1 N–H and O–H groups in total. The molecule has 0 saturated heterocycles. The molecular formula is C23H22N2O3. The molecule has 0 bridgehead atoms. The van der Waals surface area contributed by atoms with Crippen molar-refractivity contribution in [2.75, 3.05) is 23.9 Å². The lowest BCUT2D eigenvalue weighted by molar-refractivity contribution is 0.0988. The second-order valence-corrected chi connectivity index (χ2v) is 6.15. The minimum absolute atomic E-state index is 0.146. The Kier molecular flexibility index (Phi) is 6.07. The van der Waals surface area contributed by atoms with Gasteiger partial charge in [-0.05, 0) is 61.5 Å². The largest absolute Gasteiger partial charge is 0.497 e. The summed E-state index contributed by atoms with van der Waals surface area (Å²) in [6, 6.07) is 23.3. The topological polar surface area (TPSA) is 58.6 Å². The lowest BCUT2D eigenvalue weighted by Crippen LogP contribution is -2.30. The quantitative estimate of drug-likeness (QED) is 0.685. The van der Waals surface area contributed by atoms with Crippen LogP contribution >= 0.6 is 0 Å². The van der Waals surface area contributed by atoms with Crippen LogP contribution < -0.4 is 15.0 Å². The molecule has 0 saturated carbocycles. The Morgan fingerprint density at radius 3 is 2.21 bits per heavy atom. The van der Waals surface area contributed by atoms with Gasteiger partial charge in [0.15, 0.2) is 0 Å². The van der Waals surface area contributed by atoms with E-state index in [0.29, 0.717) is 29.1 Å². The van der Waals surface area contributed by atoms with E-state index in [9.17, 15) is 9.59 Å². The Labute approximate surface area is 164 Å². The second kappa shape index (κ2) is 8.86. The fraction of sp³-hybridized carbons (Fsp3) is 0.130. The third-order valence-electron chi connectivity index (χ3n) is 4.35.